The van der Waals surface area contributed by atoms with Crippen LogP contribution in [0.4, 0.5) is 0 Å². The molecule has 0 aromatic heterocycles. The summed E-state index contributed by atoms with van der Waals surface area (Å²) in [6.45, 7) is 4.45. The number of para-hydroxylation sites is 1. The summed E-state index contributed by atoms with van der Waals surface area (Å²) in [6, 6.07) is 26.4. The maximum atomic E-state index is 5.87. The molecule has 0 N–H and O–H groups in total. The van der Waals surface area contributed by atoms with E-state index >= 15 is 0 Å². The van der Waals surface area contributed by atoms with E-state index in [-0.39, 0.29) is 5.41 Å². The van der Waals surface area contributed by atoms with Crippen molar-refractivity contribution in [2.75, 3.05) is 7.11 Å². The minimum Gasteiger partial charge on any atom is -0.497 e. The lowest BCUT2D eigenvalue weighted by Crippen LogP contribution is -2.18. The summed E-state index contributed by atoms with van der Waals surface area (Å²) in [4.78, 5) is 0. The fraction of sp³-hybridized carbons (Fsp3) is 0.182. The predicted octanol–water partition coefficient (Wildman–Crippen LogP) is 5.81. The largest absolute Gasteiger partial charge is 0.497 e. The average Bonchev–Trinajstić information content (AvgIpc) is 2.63. The van der Waals surface area contributed by atoms with Crippen LogP contribution in [0.25, 0.3) is 0 Å². The van der Waals surface area contributed by atoms with Crippen molar-refractivity contribution >= 4 is 0 Å². The van der Waals surface area contributed by atoms with Crippen LogP contribution < -0.4 is 9.47 Å². The van der Waals surface area contributed by atoms with Crippen LogP contribution in [-0.2, 0) is 5.41 Å². The summed E-state index contributed by atoms with van der Waals surface area (Å²) in [7, 11) is 1.69. The van der Waals surface area contributed by atoms with Crippen molar-refractivity contribution in [1.29, 1.82) is 0 Å². The van der Waals surface area contributed by atoms with E-state index in [1.54, 1.807) is 7.11 Å². The molecule has 3 aromatic rings. The number of rotatable bonds is 5. The van der Waals surface area contributed by atoms with E-state index in [0.29, 0.717) is 0 Å². The van der Waals surface area contributed by atoms with Gasteiger partial charge in [-0.3, -0.25) is 0 Å². The molecule has 0 atom stereocenters. The van der Waals surface area contributed by atoms with Crippen LogP contribution in [0.2, 0.25) is 0 Å². The molecule has 2 heteroatoms. The molecule has 3 rings (SSSR count). The normalized spacial score (nSPS) is 11.1. The second kappa shape index (κ2) is 6.79. The summed E-state index contributed by atoms with van der Waals surface area (Å²) < 4.78 is 11.1. The maximum absolute atomic E-state index is 5.87. The molecule has 2 nitrogen and oxygen atoms in total. The first kappa shape index (κ1) is 16.1. The van der Waals surface area contributed by atoms with Crippen molar-refractivity contribution in [2.24, 2.45) is 0 Å². The zero-order chi connectivity index (χ0) is 17.0. The Morgan fingerprint density at radius 2 is 1.04 bits per heavy atom. The molecule has 0 aliphatic carbocycles. The minimum absolute atomic E-state index is 0.0858. The highest BCUT2D eigenvalue weighted by Crippen LogP contribution is 2.33. The zero-order valence-electron chi connectivity index (χ0n) is 14.3. The van der Waals surface area contributed by atoms with Crippen molar-refractivity contribution in [1.82, 2.24) is 0 Å². The fourth-order valence-corrected chi connectivity index (χ4v) is 2.74. The predicted molar refractivity (Wildman–Crippen MR) is 98.1 cm³/mol. The maximum Gasteiger partial charge on any atom is 0.127 e. The number of ether oxygens (including phenoxy) is 2. The molecule has 0 bridgehead atoms. The molecule has 0 heterocycles. The van der Waals surface area contributed by atoms with Crippen LogP contribution in [0.3, 0.4) is 0 Å². The number of methoxy groups -OCH3 is 1. The van der Waals surface area contributed by atoms with Crippen molar-refractivity contribution in [3.8, 4) is 17.2 Å². The molecular formula is C22H22O2. The first-order valence-corrected chi connectivity index (χ1v) is 8.07. The monoisotopic (exact) mass is 318 g/mol. The Hall–Kier alpha value is -2.74. The van der Waals surface area contributed by atoms with Gasteiger partial charge in [-0.15, -0.1) is 0 Å². The topological polar surface area (TPSA) is 18.5 Å². The standard InChI is InChI=1S/C22H22O2/c1-22(2,17-9-13-19(23-3)14-10-17)18-11-15-21(16-12-18)24-20-7-5-4-6-8-20/h4-16H,1-3H3. The van der Waals surface area contributed by atoms with Crippen LogP contribution in [0, 0.1) is 0 Å². The van der Waals surface area contributed by atoms with Crippen LogP contribution in [0.5, 0.6) is 17.2 Å². The van der Waals surface area contributed by atoms with E-state index in [1.807, 2.05) is 54.6 Å². The van der Waals surface area contributed by atoms with E-state index < -0.39 is 0 Å². The molecule has 122 valence electrons. The average molecular weight is 318 g/mol. The summed E-state index contributed by atoms with van der Waals surface area (Å²) >= 11 is 0. The minimum atomic E-state index is -0.0858. The summed E-state index contributed by atoms with van der Waals surface area (Å²) in [5.74, 6) is 2.57. The molecule has 3 aromatic carbocycles. The van der Waals surface area contributed by atoms with Gasteiger partial charge in [-0.2, -0.15) is 0 Å². The highest BCUT2D eigenvalue weighted by Gasteiger charge is 2.23. The summed E-state index contributed by atoms with van der Waals surface area (Å²) in [5, 5.41) is 0. The second-order valence-electron chi connectivity index (χ2n) is 6.29. The third kappa shape index (κ3) is 3.43. The van der Waals surface area contributed by atoms with E-state index in [0.717, 1.165) is 17.2 Å². The Kier molecular flexibility index (Phi) is 4.57. The third-order valence-electron chi connectivity index (χ3n) is 4.37. The van der Waals surface area contributed by atoms with Gasteiger partial charge in [0.25, 0.3) is 0 Å². The Morgan fingerprint density at radius 1 is 0.583 bits per heavy atom. The van der Waals surface area contributed by atoms with Gasteiger partial charge in [-0.1, -0.05) is 56.3 Å². The van der Waals surface area contributed by atoms with Gasteiger partial charge in [-0.05, 0) is 47.5 Å². The molecular weight excluding hydrogens is 296 g/mol. The zero-order valence-corrected chi connectivity index (χ0v) is 14.3. The molecule has 0 spiro atoms. The summed E-state index contributed by atoms with van der Waals surface area (Å²) in [6.07, 6.45) is 0. The molecule has 0 unspecified atom stereocenters. The number of hydrogen-bond donors (Lipinski definition) is 0. The van der Waals surface area contributed by atoms with Gasteiger partial charge in [0.1, 0.15) is 17.2 Å². The third-order valence-corrected chi connectivity index (χ3v) is 4.37. The van der Waals surface area contributed by atoms with Crippen molar-refractivity contribution in [3.63, 3.8) is 0 Å². The Bertz CT molecular complexity index is 772. The number of benzene rings is 3. The van der Waals surface area contributed by atoms with Gasteiger partial charge in [0.05, 0.1) is 7.11 Å². The van der Waals surface area contributed by atoms with Gasteiger partial charge < -0.3 is 9.47 Å². The van der Waals surface area contributed by atoms with Crippen molar-refractivity contribution < 1.29 is 9.47 Å². The van der Waals surface area contributed by atoms with Crippen molar-refractivity contribution in [2.45, 2.75) is 19.3 Å². The Morgan fingerprint density at radius 3 is 1.54 bits per heavy atom. The van der Waals surface area contributed by atoms with Crippen LogP contribution >= 0.6 is 0 Å². The molecule has 24 heavy (non-hydrogen) atoms. The molecule has 0 fully saturated rings. The van der Waals surface area contributed by atoms with E-state index in [1.165, 1.54) is 11.1 Å². The lowest BCUT2D eigenvalue weighted by molar-refractivity contribution is 0.414. The summed E-state index contributed by atoms with van der Waals surface area (Å²) in [5.41, 5.74) is 2.41. The van der Waals surface area contributed by atoms with Crippen LogP contribution in [-0.4, -0.2) is 7.11 Å². The van der Waals surface area contributed by atoms with Crippen LogP contribution in [0.15, 0.2) is 78.9 Å². The number of hydrogen-bond acceptors (Lipinski definition) is 2. The van der Waals surface area contributed by atoms with Gasteiger partial charge in [0, 0.05) is 5.41 Å². The first-order valence-electron chi connectivity index (χ1n) is 8.07. The van der Waals surface area contributed by atoms with E-state index in [2.05, 4.69) is 38.1 Å². The van der Waals surface area contributed by atoms with Gasteiger partial charge in [-0.25, -0.2) is 0 Å². The Labute approximate surface area is 143 Å². The SMILES string of the molecule is COc1ccc(C(C)(C)c2ccc(Oc3ccccc3)cc2)cc1. The van der Waals surface area contributed by atoms with Gasteiger partial charge in [0.2, 0.25) is 0 Å². The molecule has 0 amide bonds. The van der Waals surface area contributed by atoms with Crippen LogP contribution in [0.1, 0.15) is 25.0 Å². The van der Waals surface area contributed by atoms with E-state index in [9.17, 15) is 0 Å². The van der Waals surface area contributed by atoms with Gasteiger partial charge in [0.15, 0.2) is 0 Å². The smallest absolute Gasteiger partial charge is 0.127 e. The highest BCUT2D eigenvalue weighted by atomic mass is 16.5. The molecule has 0 saturated carbocycles. The fourth-order valence-electron chi connectivity index (χ4n) is 2.74. The molecule has 0 radical (unpaired) electrons. The first-order chi connectivity index (χ1) is 11.6. The quantitative estimate of drug-likeness (QED) is 0.590. The molecule has 0 aliphatic heterocycles. The highest BCUT2D eigenvalue weighted by molar-refractivity contribution is 5.42. The second-order valence-corrected chi connectivity index (χ2v) is 6.29. The Balaban J connectivity index is 1.80. The lowest BCUT2D eigenvalue weighted by atomic mass is 9.78. The molecule has 0 aliphatic rings. The van der Waals surface area contributed by atoms with Gasteiger partial charge >= 0.3 is 0 Å². The molecule has 0 saturated heterocycles. The van der Waals surface area contributed by atoms with E-state index in [4.69, 9.17) is 9.47 Å². The van der Waals surface area contributed by atoms with Crippen molar-refractivity contribution in [3.05, 3.63) is 90.0 Å². The lowest BCUT2D eigenvalue weighted by Gasteiger charge is -2.26.